The minimum absolute atomic E-state index is 0.0594. The molecule has 2 heterocycles. The summed E-state index contributed by atoms with van der Waals surface area (Å²) in [5.41, 5.74) is 1.69. The van der Waals surface area contributed by atoms with Crippen LogP contribution in [0.15, 0.2) is 47.4 Å². The Morgan fingerprint density at radius 3 is 2.15 bits per heavy atom. The number of carbonyl (C=O) groups excluding carboxylic acids is 1. The topological polar surface area (TPSA) is 128 Å². The number of aliphatic carboxylic acids is 1. The number of carbonyl (C=O) groups is 2. The second-order valence-corrected chi connectivity index (χ2v) is 10.5. The molecule has 0 aromatic heterocycles. The molecule has 0 saturated carbocycles. The van der Waals surface area contributed by atoms with Crippen LogP contribution in [0.3, 0.4) is 0 Å². The molecule has 0 aliphatic carbocycles. The van der Waals surface area contributed by atoms with Gasteiger partial charge in [-0.25, -0.2) is 13.2 Å². The molecule has 0 atom stereocenters. The van der Waals surface area contributed by atoms with Crippen molar-refractivity contribution >= 4 is 33.3 Å². The van der Waals surface area contributed by atoms with Crippen LogP contribution >= 0.6 is 0 Å². The standard InChI is InChI=1S/C23H30N4O4S.C2HF3O2/c1-2-31-19-6-8-20(9-7-19)32(29,30)25-21-17-18(23(28)27-13-3-4-14-27)5-10-22(21)26-15-11-24-12-16-26;3-2(4,5)1(6)7/h5-10,17,24-25H,2-4,11-16H2,1H3;(H,6,7). The number of ether oxygens (including phenoxy) is 1. The molecule has 0 unspecified atom stereocenters. The number of benzene rings is 2. The van der Waals surface area contributed by atoms with Gasteiger partial charge in [0.05, 0.1) is 22.9 Å². The maximum absolute atomic E-state index is 13.2. The minimum atomic E-state index is -5.08. The predicted molar refractivity (Wildman–Crippen MR) is 139 cm³/mol. The van der Waals surface area contributed by atoms with Crippen molar-refractivity contribution in [3.8, 4) is 5.75 Å². The third kappa shape index (κ3) is 8.23. The number of likely N-dealkylation sites (tertiary alicyclic amines) is 1. The summed E-state index contributed by atoms with van der Waals surface area (Å²) < 4.78 is 66.2. The lowest BCUT2D eigenvalue weighted by Gasteiger charge is -2.31. The van der Waals surface area contributed by atoms with Crippen molar-refractivity contribution in [1.29, 1.82) is 0 Å². The van der Waals surface area contributed by atoms with E-state index in [1.54, 1.807) is 24.3 Å². The smallest absolute Gasteiger partial charge is 0.490 e. The Morgan fingerprint density at radius 2 is 1.62 bits per heavy atom. The number of amides is 1. The Hall–Kier alpha value is -3.52. The fraction of sp³-hybridized carbons (Fsp3) is 0.440. The highest BCUT2D eigenvalue weighted by Crippen LogP contribution is 2.31. The monoisotopic (exact) mass is 572 g/mol. The summed E-state index contributed by atoms with van der Waals surface area (Å²) in [6.45, 7) is 7.03. The number of halogens is 3. The van der Waals surface area contributed by atoms with Gasteiger partial charge in [-0.2, -0.15) is 13.2 Å². The van der Waals surface area contributed by atoms with Crippen LogP contribution in [0.4, 0.5) is 24.5 Å². The number of sulfonamides is 1. The van der Waals surface area contributed by atoms with E-state index in [-0.39, 0.29) is 10.8 Å². The Labute approximate surface area is 224 Å². The van der Waals surface area contributed by atoms with Crippen LogP contribution in [0, 0.1) is 0 Å². The zero-order valence-electron chi connectivity index (χ0n) is 21.3. The molecule has 3 N–H and O–H groups in total. The maximum Gasteiger partial charge on any atom is 0.490 e. The van der Waals surface area contributed by atoms with E-state index in [4.69, 9.17) is 14.6 Å². The molecule has 2 aromatic rings. The summed E-state index contributed by atoms with van der Waals surface area (Å²) in [7, 11) is -3.84. The third-order valence-corrected chi connectivity index (χ3v) is 7.41. The van der Waals surface area contributed by atoms with Crippen molar-refractivity contribution in [3.63, 3.8) is 0 Å². The van der Waals surface area contributed by atoms with Gasteiger partial charge < -0.3 is 25.0 Å². The van der Waals surface area contributed by atoms with Gasteiger partial charge in [-0.1, -0.05) is 0 Å². The Kier molecular flexibility index (Phi) is 10.0. The highest BCUT2D eigenvalue weighted by molar-refractivity contribution is 7.92. The lowest BCUT2D eigenvalue weighted by Crippen LogP contribution is -2.43. The molecule has 4 rings (SSSR count). The van der Waals surface area contributed by atoms with Gasteiger partial charge in [0.15, 0.2) is 0 Å². The van der Waals surface area contributed by atoms with Gasteiger partial charge in [-0.3, -0.25) is 9.52 Å². The van der Waals surface area contributed by atoms with E-state index in [1.807, 2.05) is 17.9 Å². The van der Waals surface area contributed by atoms with Crippen molar-refractivity contribution < 1.29 is 41.0 Å². The first-order chi connectivity index (χ1) is 18.4. The van der Waals surface area contributed by atoms with E-state index in [1.165, 1.54) is 12.1 Å². The van der Waals surface area contributed by atoms with E-state index in [0.29, 0.717) is 23.6 Å². The van der Waals surface area contributed by atoms with Crippen LogP contribution < -0.4 is 19.7 Å². The molecule has 2 fully saturated rings. The molecule has 1 amide bonds. The molecular formula is C25H31F3N4O6S. The lowest BCUT2D eigenvalue weighted by atomic mass is 10.1. The molecule has 2 aliphatic heterocycles. The van der Waals surface area contributed by atoms with Gasteiger partial charge >= 0.3 is 12.1 Å². The molecule has 14 heteroatoms. The second-order valence-electron chi connectivity index (χ2n) is 8.78. The number of hydrogen-bond donors (Lipinski definition) is 3. The number of rotatable bonds is 7. The van der Waals surface area contributed by atoms with E-state index < -0.39 is 22.2 Å². The van der Waals surface area contributed by atoms with Crippen LogP contribution in [-0.4, -0.2) is 82.4 Å². The third-order valence-electron chi connectivity index (χ3n) is 6.03. The molecule has 10 nitrogen and oxygen atoms in total. The summed E-state index contributed by atoms with van der Waals surface area (Å²) >= 11 is 0. The van der Waals surface area contributed by atoms with Crippen LogP contribution in [0.2, 0.25) is 0 Å². The summed E-state index contributed by atoms with van der Waals surface area (Å²) in [5.74, 6) is -2.20. The molecule has 0 radical (unpaired) electrons. The van der Waals surface area contributed by atoms with Crippen LogP contribution in [0.1, 0.15) is 30.1 Å². The van der Waals surface area contributed by atoms with Gasteiger partial charge in [0.1, 0.15) is 5.75 Å². The predicted octanol–water partition coefficient (Wildman–Crippen LogP) is 3.17. The molecule has 0 spiro atoms. The number of hydrogen-bond acceptors (Lipinski definition) is 7. The van der Waals surface area contributed by atoms with Gasteiger partial charge in [0, 0.05) is 44.8 Å². The molecule has 2 aromatic carbocycles. The summed E-state index contributed by atoms with van der Waals surface area (Å²) in [5, 5.41) is 10.4. The summed E-state index contributed by atoms with van der Waals surface area (Å²) in [6, 6.07) is 11.7. The van der Waals surface area contributed by atoms with E-state index in [0.717, 1.165) is 57.8 Å². The number of nitrogens with zero attached hydrogens (tertiary/aromatic N) is 2. The second kappa shape index (κ2) is 13.0. The van der Waals surface area contributed by atoms with Crippen molar-refractivity contribution in [1.82, 2.24) is 10.2 Å². The Bertz CT molecular complexity index is 1240. The highest BCUT2D eigenvalue weighted by Gasteiger charge is 2.38. The largest absolute Gasteiger partial charge is 0.494 e. The van der Waals surface area contributed by atoms with Gasteiger partial charge in [-0.15, -0.1) is 0 Å². The molecule has 2 aliphatic rings. The average Bonchev–Trinajstić information content (AvgIpc) is 3.44. The van der Waals surface area contributed by atoms with Crippen molar-refractivity contribution in [2.24, 2.45) is 0 Å². The molecule has 0 bridgehead atoms. The average molecular weight is 573 g/mol. The first-order valence-electron chi connectivity index (χ1n) is 12.4. The zero-order chi connectivity index (χ0) is 28.6. The van der Waals surface area contributed by atoms with E-state index >= 15 is 0 Å². The zero-order valence-corrected chi connectivity index (χ0v) is 22.1. The summed E-state index contributed by atoms with van der Waals surface area (Å²) in [4.78, 5) is 25.9. The number of carboxylic acids is 1. The fourth-order valence-corrected chi connectivity index (χ4v) is 5.19. The molecule has 2 saturated heterocycles. The number of alkyl halides is 3. The van der Waals surface area contributed by atoms with Gasteiger partial charge in [0.2, 0.25) is 0 Å². The maximum atomic E-state index is 13.2. The number of carboxylic acid groups (broad SMARTS) is 1. The van der Waals surface area contributed by atoms with Crippen molar-refractivity contribution in [3.05, 3.63) is 48.0 Å². The van der Waals surface area contributed by atoms with E-state index in [9.17, 15) is 26.4 Å². The number of anilines is 2. The molecule has 39 heavy (non-hydrogen) atoms. The normalized spacial score (nSPS) is 15.8. The van der Waals surface area contributed by atoms with Crippen molar-refractivity contribution in [2.75, 3.05) is 55.5 Å². The first-order valence-corrected chi connectivity index (χ1v) is 13.9. The van der Waals surface area contributed by atoms with Gasteiger partial charge in [0.25, 0.3) is 15.9 Å². The highest BCUT2D eigenvalue weighted by atomic mass is 32.2. The lowest BCUT2D eigenvalue weighted by molar-refractivity contribution is -0.192. The summed E-state index contributed by atoms with van der Waals surface area (Å²) in [6.07, 6.45) is -3.08. The Morgan fingerprint density at radius 1 is 1.03 bits per heavy atom. The van der Waals surface area contributed by atoms with Crippen LogP contribution in [-0.2, 0) is 14.8 Å². The van der Waals surface area contributed by atoms with E-state index in [2.05, 4.69) is 14.9 Å². The minimum Gasteiger partial charge on any atom is -0.494 e. The van der Waals surface area contributed by atoms with Gasteiger partial charge in [-0.05, 0) is 62.2 Å². The fourth-order valence-electron chi connectivity index (χ4n) is 4.12. The number of nitrogens with one attached hydrogen (secondary N) is 2. The molecule has 214 valence electrons. The van der Waals surface area contributed by atoms with Crippen molar-refractivity contribution in [2.45, 2.75) is 30.8 Å². The quantitative estimate of drug-likeness (QED) is 0.462. The van der Waals surface area contributed by atoms with Crippen LogP contribution in [0.25, 0.3) is 0 Å². The number of piperazine rings is 1. The first kappa shape index (κ1) is 30.0. The SMILES string of the molecule is CCOc1ccc(S(=O)(=O)Nc2cc(C(=O)N3CCCC3)ccc2N2CCNCC2)cc1.O=C(O)C(F)(F)F. The Balaban J connectivity index is 0.000000532. The van der Waals surface area contributed by atoms with Crippen LogP contribution in [0.5, 0.6) is 5.75 Å². The molecular weight excluding hydrogens is 541 g/mol.